The van der Waals surface area contributed by atoms with Crippen LogP contribution in [0.1, 0.15) is 19.8 Å². The molecule has 0 unspecified atom stereocenters. The average Bonchev–Trinajstić information content (AvgIpc) is 2.43. The Morgan fingerprint density at radius 2 is 1.68 bits per heavy atom. The second-order valence-corrected chi connectivity index (χ2v) is 4.65. The van der Waals surface area contributed by atoms with Crippen LogP contribution in [0.15, 0.2) is 42.5 Å². The van der Waals surface area contributed by atoms with E-state index in [1.165, 1.54) is 6.92 Å². The molecule has 0 aliphatic rings. The maximum atomic E-state index is 12.1. The SMILES string of the molecule is CC(=O)CCC(=O)N(C)c1cccc2ccccc12. The van der Waals surface area contributed by atoms with Crippen molar-refractivity contribution < 1.29 is 9.59 Å². The number of Topliss-reactive ketones (excluding diaryl/α,β-unsaturated/α-hetero) is 1. The van der Waals surface area contributed by atoms with Gasteiger partial charge in [-0.2, -0.15) is 0 Å². The number of benzene rings is 2. The molecule has 98 valence electrons. The van der Waals surface area contributed by atoms with E-state index in [1.54, 1.807) is 11.9 Å². The Morgan fingerprint density at radius 1 is 1.00 bits per heavy atom. The van der Waals surface area contributed by atoms with E-state index < -0.39 is 0 Å². The molecule has 0 fully saturated rings. The summed E-state index contributed by atoms with van der Waals surface area (Å²) in [6.07, 6.45) is 0.559. The minimum Gasteiger partial charge on any atom is -0.315 e. The quantitative estimate of drug-likeness (QED) is 0.841. The van der Waals surface area contributed by atoms with Crippen molar-refractivity contribution in [1.82, 2.24) is 0 Å². The molecule has 0 aromatic heterocycles. The van der Waals surface area contributed by atoms with E-state index in [0.29, 0.717) is 6.42 Å². The molecule has 0 bridgehead atoms. The van der Waals surface area contributed by atoms with Crippen molar-refractivity contribution in [3.8, 4) is 0 Å². The molecule has 2 aromatic rings. The molecule has 0 aliphatic heterocycles. The van der Waals surface area contributed by atoms with E-state index in [4.69, 9.17) is 0 Å². The van der Waals surface area contributed by atoms with E-state index in [0.717, 1.165) is 16.5 Å². The molecular formula is C16H17NO2. The number of ketones is 1. The summed E-state index contributed by atoms with van der Waals surface area (Å²) in [5.41, 5.74) is 0.881. The van der Waals surface area contributed by atoms with Crippen molar-refractivity contribution >= 4 is 28.2 Å². The minimum absolute atomic E-state index is 0.0356. The fraction of sp³-hybridized carbons (Fsp3) is 0.250. The molecule has 0 atom stereocenters. The third-order valence-electron chi connectivity index (χ3n) is 3.19. The van der Waals surface area contributed by atoms with Gasteiger partial charge in [-0.3, -0.25) is 4.79 Å². The van der Waals surface area contributed by atoms with E-state index in [9.17, 15) is 9.59 Å². The Bertz CT molecular complexity index is 614. The van der Waals surface area contributed by atoms with Crippen LogP contribution < -0.4 is 4.90 Å². The zero-order chi connectivity index (χ0) is 13.8. The molecule has 0 radical (unpaired) electrons. The second-order valence-electron chi connectivity index (χ2n) is 4.65. The number of amides is 1. The van der Waals surface area contributed by atoms with Crippen LogP contribution in [-0.4, -0.2) is 18.7 Å². The van der Waals surface area contributed by atoms with Crippen molar-refractivity contribution in [2.24, 2.45) is 0 Å². The molecular weight excluding hydrogens is 238 g/mol. The maximum Gasteiger partial charge on any atom is 0.227 e. The summed E-state index contributed by atoms with van der Waals surface area (Å²) in [7, 11) is 1.75. The number of anilines is 1. The molecule has 3 nitrogen and oxygen atoms in total. The third-order valence-corrected chi connectivity index (χ3v) is 3.19. The van der Waals surface area contributed by atoms with E-state index in [-0.39, 0.29) is 18.1 Å². The van der Waals surface area contributed by atoms with E-state index >= 15 is 0 Å². The van der Waals surface area contributed by atoms with Gasteiger partial charge in [-0.25, -0.2) is 0 Å². The number of hydrogen-bond donors (Lipinski definition) is 0. The molecule has 0 N–H and O–H groups in total. The van der Waals surface area contributed by atoms with Gasteiger partial charge in [-0.15, -0.1) is 0 Å². The Kier molecular flexibility index (Phi) is 3.95. The van der Waals surface area contributed by atoms with Gasteiger partial charge in [0.2, 0.25) is 5.91 Å². The van der Waals surface area contributed by atoms with Gasteiger partial charge >= 0.3 is 0 Å². The molecule has 0 saturated heterocycles. The normalized spacial score (nSPS) is 10.4. The van der Waals surface area contributed by atoms with Crippen LogP contribution in [-0.2, 0) is 9.59 Å². The monoisotopic (exact) mass is 255 g/mol. The largest absolute Gasteiger partial charge is 0.315 e. The molecule has 0 spiro atoms. The lowest BCUT2D eigenvalue weighted by molar-refractivity contribution is -0.122. The first-order valence-electron chi connectivity index (χ1n) is 6.33. The van der Waals surface area contributed by atoms with Crippen molar-refractivity contribution in [3.05, 3.63) is 42.5 Å². The lowest BCUT2D eigenvalue weighted by Crippen LogP contribution is -2.26. The first kappa shape index (κ1) is 13.3. The summed E-state index contributed by atoms with van der Waals surface area (Å²) in [4.78, 5) is 24.6. The zero-order valence-corrected chi connectivity index (χ0v) is 11.2. The highest BCUT2D eigenvalue weighted by molar-refractivity contribution is 6.03. The Hall–Kier alpha value is -2.16. The van der Waals surface area contributed by atoms with Gasteiger partial charge in [-0.05, 0) is 18.4 Å². The fourth-order valence-electron chi connectivity index (χ4n) is 2.09. The molecule has 19 heavy (non-hydrogen) atoms. The van der Waals surface area contributed by atoms with Gasteiger partial charge in [0, 0.05) is 25.3 Å². The van der Waals surface area contributed by atoms with Gasteiger partial charge < -0.3 is 9.69 Å². The van der Waals surface area contributed by atoms with Gasteiger partial charge in [0.1, 0.15) is 5.78 Å². The number of rotatable bonds is 4. The smallest absolute Gasteiger partial charge is 0.227 e. The molecule has 0 aliphatic carbocycles. The molecule has 0 heterocycles. The summed E-state index contributed by atoms with van der Waals surface area (Å²) in [6.45, 7) is 1.51. The molecule has 0 saturated carbocycles. The number of fused-ring (bicyclic) bond motifs is 1. The van der Waals surface area contributed by atoms with Gasteiger partial charge in [0.15, 0.2) is 0 Å². The highest BCUT2D eigenvalue weighted by Gasteiger charge is 2.13. The van der Waals surface area contributed by atoms with Crippen LogP contribution in [0.3, 0.4) is 0 Å². The van der Waals surface area contributed by atoms with Crippen LogP contribution >= 0.6 is 0 Å². The molecule has 1 amide bonds. The van der Waals surface area contributed by atoms with Crippen LogP contribution in [0.5, 0.6) is 0 Å². The van der Waals surface area contributed by atoms with Crippen molar-refractivity contribution in [2.45, 2.75) is 19.8 Å². The second kappa shape index (κ2) is 5.65. The summed E-state index contributed by atoms with van der Waals surface area (Å²) in [5.74, 6) is 0.00576. The summed E-state index contributed by atoms with van der Waals surface area (Å²) >= 11 is 0. The summed E-state index contributed by atoms with van der Waals surface area (Å²) in [6, 6.07) is 13.8. The molecule has 2 aromatic carbocycles. The van der Waals surface area contributed by atoms with E-state index in [1.807, 2.05) is 42.5 Å². The Balaban J connectivity index is 2.28. The first-order chi connectivity index (χ1) is 9.09. The predicted octanol–water partition coefficient (Wildman–Crippen LogP) is 3.17. The van der Waals surface area contributed by atoms with Gasteiger partial charge in [-0.1, -0.05) is 36.4 Å². The first-order valence-corrected chi connectivity index (χ1v) is 6.33. The maximum absolute atomic E-state index is 12.1. The standard InChI is InChI=1S/C16H17NO2/c1-12(18)10-11-16(19)17(2)15-9-5-7-13-6-3-4-8-14(13)15/h3-9H,10-11H2,1-2H3. The Labute approximate surface area is 112 Å². The highest BCUT2D eigenvalue weighted by atomic mass is 16.2. The lowest BCUT2D eigenvalue weighted by Gasteiger charge is -2.19. The van der Waals surface area contributed by atoms with Crippen LogP contribution in [0.2, 0.25) is 0 Å². The van der Waals surface area contributed by atoms with Crippen molar-refractivity contribution in [2.75, 3.05) is 11.9 Å². The average molecular weight is 255 g/mol. The Morgan fingerprint density at radius 3 is 2.42 bits per heavy atom. The third kappa shape index (κ3) is 2.99. The zero-order valence-electron chi connectivity index (χ0n) is 11.2. The number of nitrogens with zero attached hydrogens (tertiary/aromatic N) is 1. The van der Waals surface area contributed by atoms with E-state index in [2.05, 4.69) is 0 Å². The van der Waals surface area contributed by atoms with Crippen molar-refractivity contribution in [1.29, 1.82) is 0 Å². The minimum atomic E-state index is -0.0356. The van der Waals surface area contributed by atoms with Crippen molar-refractivity contribution in [3.63, 3.8) is 0 Å². The summed E-state index contributed by atoms with van der Waals surface area (Å²) < 4.78 is 0. The van der Waals surface area contributed by atoms with Gasteiger partial charge in [0.25, 0.3) is 0 Å². The van der Waals surface area contributed by atoms with Crippen LogP contribution in [0.4, 0.5) is 5.69 Å². The molecule has 2 rings (SSSR count). The highest BCUT2D eigenvalue weighted by Crippen LogP contribution is 2.26. The predicted molar refractivity (Wildman–Crippen MR) is 77.3 cm³/mol. The van der Waals surface area contributed by atoms with Crippen LogP contribution in [0, 0.1) is 0 Å². The lowest BCUT2D eigenvalue weighted by atomic mass is 10.1. The molecule has 3 heteroatoms. The van der Waals surface area contributed by atoms with Gasteiger partial charge in [0.05, 0.1) is 5.69 Å². The summed E-state index contributed by atoms with van der Waals surface area (Å²) in [5, 5.41) is 2.15. The topological polar surface area (TPSA) is 37.4 Å². The number of carbonyl (C=O) groups excluding carboxylic acids is 2. The number of carbonyl (C=O) groups is 2. The van der Waals surface area contributed by atoms with Crippen LogP contribution in [0.25, 0.3) is 10.8 Å². The fourth-order valence-corrected chi connectivity index (χ4v) is 2.09. The number of hydrogen-bond acceptors (Lipinski definition) is 2.